The number of nitrogens with one attached hydrogen (secondary N) is 2. The van der Waals surface area contributed by atoms with Gasteiger partial charge in [0, 0.05) is 25.5 Å². The molecule has 4 nitrogen and oxygen atoms in total. The molecule has 2 rings (SSSR count). The summed E-state index contributed by atoms with van der Waals surface area (Å²) in [5.74, 6) is 1.04. The van der Waals surface area contributed by atoms with Crippen LogP contribution < -0.4 is 5.32 Å². The van der Waals surface area contributed by atoms with E-state index in [9.17, 15) is 0 Å². The minimum absolute atomic E-state index is 0.329. The standard InChI is InChI=1S/C10H17N3O/c1-3-7-5-12-10(13-7)9-4-8(14-2)6-11-9/h5,8-9,11H,3-4,6H2,1-2H3,(H,12,13). The zero-order chi connectivity index (χ0) is 9.97. The van der Waals surface area contributed by atoms with Crippen LogP contribution in [0.15, 0.2) is 6.20 Å². The summed E-state index contributed by atoms with van der Waals surface area (Å²) in [6.07, 6.45) is 4.26. The third-order valence-corrected chi connectivity index (χ3v) is 2.78. The molecule has 4 heteroatoms. The molecule has 1 fully saturated rings. The monoisotopic (exact) mass is 195 g/mol. The summed E-state index contributed by atoms with van der Waals surface area (Å²) in [6.45, 7) is 3.04. The molecule has 0 amide bonds. The van der Waals surface area contributed by atoms with Crippen molar-refractivity contribution in [2.75, 3.05) is 13.7 Å². The molecule has 0 spiro atoms. The fourth-order valence-corrected chi connectivity index (χ4v) is 1.82. The van der Waals surface area contributed by atoms with Crippen molar-refractivity contribution in [3.63, 3.8) is 0 Å². The minimum Gasteiger partial charge on any atom is -0.380 e. The third-order valence-electron chi connectivity index (χ3n) is 2.78. The average Bonchev–Trinajstić information content (AvgIpc) is 2.86. The van der Waals surface area contributed by atoms with E-state index in [-0.39, 0.29) is 0 Å². The first-order valence-corrected chi connectivity index (χ1v) is 5.13. The second-order valence-corrected chi connectivity index (χ2v) is 3.70. The molecule has 1 aromatic rings. The number of rotatable bonds is 3. The van der Waals surface area contributed by atoms with Crippen LogP contribution in [-0.4, -0.2) is 29.7 Å². The molecule has 0 radical (unpaired) electrons. The average molecular weight is 195 g/mol. The first kappa shape index (κ1) is 9.68. The lowest BCUT2D eigenvalue weighted by molar-refractivity contribution is 0.117. The van der Waals surface area contributed by atoms with Crippen LogP contribution in [0.25, 0.3) is 0 Å². The summed E-state index contributed by atoms with van der Waals surface area (Å²) < 4.78 is 5.29. The van der Waals surface area contributed by atoms with Crippen molar-refractivity contribution < 1.29 is 4.74 Å². The molecule has 0 bridgehead atoms. The number of ether oxygens (including phenoxy) is 1. The minimum atomic E-state index is 0.329. The lowest BCUT2D eigenvalue weighted by Gasteiger charge is -2.06. The van der Waals surface area contributed by atoms with Gasteiger partial charge in [0.15, 0.2) is 0 Å². The summed E-state index contributed by atoms with van der Waals surface area (Å²) in [5.41, 5.74) is 1.20. The molecule has 1 aliphatic heterocycles. The Morgan fingerprint density at radius 1 is 1.64 bits per heavy atom. The second kappa shape index (κ2) is 4.11. The zero-order valence-corrected chi connectivity index (χ0v) is 8.71. The molecular weight excluding hydrogens is 178 g/mol. The van der Waals surface area contributed by atoms with Crippen molar-refractivity contribution in [2.45, 2.75) is 31.9 Å². The van der Waals surface area contributed by atoms with Crippen molar-refractivity contribution in [3.05, 3.63) is 17.7 Å². The van der Waals surface area contributed by atoms with Crippen molar-refractivity contribution in [3.8, 4) is 0 Å². The lowest BCUT2D eigenvalue weighted by Crippen LogP contribution is -2.16. The second-order valence-electron chi connectivity index (χ2n) is 3.70. The third kappa shape index (κ3) is 1.81. The number of aromatic nitrogens is 2. The van der Waals surface area contributed by atoms with Gasteiger partial charge in [-0.1, -0.05) is 6.92 Å². The largest absolute Gasteiger partial charge is 0.380 e. The fraction of sp³-hybridized carbons (Fsp3) is 0.700. The van der Waals surface area contributed by atoms with Gasteiger partial charge in [0.2, 0.25) is 0 Å². The predicted molar refractivity (Wildman–Crippen MR) is 54.1 cm³/mol. The highest BCUT2D eigenvalue weighted by atomic mass is 16.5. The Bertz CT molecular complexity index is 297. The maximum absolute atomic E-state index is 5.29. The highest BCUT2D eigenvalue weighted by Gasteiger charge is 2.26. The van der Waals surface area contributed by atoms with Gasteiger partial charge < -0.3 is 15.0 Å². The summed E-state index contributed by atoms with van der Waals surface area (Å²) in [6, 6.07) is 0.334. The molecule has 1 aromatic heterocycles. The Morgan fingerprint density at radius 2 is 2.50 bits per heavy atom. The molecule has 14 heavy (non-hydrogen) atoms. The molecule has 1 saturated heterocycles. The van der Waals surface area contributed by atoms with E-state index < -0.39 is 0 Å². The molecular formula is C10H17N3O. The normalized spacial score (nSPS) is 27.0. The first-order chi connectivity index (χ1) is 6.83. The van der Waals surface area contributed by atoms with Crippen LogP contribution in [0.3, 0.4) is 0 Å². The highest BCUT2D eigenvalue weighted by molar-refractivity contribution is 5.06. The topological polar surface area (TPSA) is 49.9 Å². The Balaban J connectivity index is 2.02. The predicted octanol–water partition coefficient (Wildman–Crippen LogP) is 1.02. The number of hydrogen-bond donors (Lipinski definition) is 2. The van der Waals surface area contributed by atoms with Crippen molar-refractivity contribution >= 4 is 0 Å². The van der Waals surface area contributed by atoms with Gasteiger partial charge in [-0.05, 0) is 12.8 Å². The molecule has 2 heterocycles. The quantitative estimate of drug-likeness (QED) is 0.757. The van der Waals surface area contributed by atoms with Crippen LogP contribution in [0, 0.1) is 0 Å². The fourth-order valence-electron chi connectivity index (χ4n) is 1.82. The Kier molecular flexibility index (Phi) is 2.84. The number of methoxy groups -OCH3 is 1. The molecule has 0 saturated carbocycles. The zero-order valence-electron chi connectivity index (χ0n) is 8.71. The van der Waals surface area contributed by atoms with Crippen LogP contribution in [-0.2, 0) is 11.2 Å². The Hall–Kier alpha value is -0.870. The number of nitrogens with zero attached hydrogens (tertiary/aromatic N) is 1. The number of H-pyrrole nitrogens is 1. The highest BCUT2D eigenvalue weighted by Crippen LogP contribution is 2.22. The number of aromatic amines is 1. The van der Waals surface area contributed by atoms with E-state index in [1.807, 2.05) is 6.20 Å². The number of hydrogen-bond acceptors (Lipinski definition) is 3. The maximum atomic E-state index is 5.29. The van der Waals surface area contributed by atoms with Crippen molar-refractivity contribution in [1.82, 2.24) is 15.3 Å². The van der Waals surface area contributed by atoms with Gasteiger partial charge in [-0.2, -0.15) is 0 Å². The van der Waals surface area contributed by atoms with Gasteiger partial charge in [0.05, 0.1) is 12.1 Å². The van der Waals surface area contributed by atoms with Gasteiger partial charge >= 0.3 is 0 Å². The van der Waals surface area contributed by atoms with E-state index in [4.69, 9.17) is 4.74 Å². The van der Waals surface area contributed by atoms with E-state index >= 15 is 0 Å². The van der Waals surface area contributed by atoms with Crippen molar-refractivity contribution in [1.29, 1.82) is 0 Å². The van der Waals surface area contributed by atoms with Gasteiger partial charge in [-0.3, -0.25) is 0 Å². The van der Waals surface area contributed by atoms with Gasteiger partial charge in [0.25, 0.3) is 0 Å². The van der Waals surface area contributed by atoms with E-state index in [0.29, 0.717) is 12.1 Å². The SMILES string of the molecule is CCc1cnc(C2CC(OC)CN2)[nH]1. The van der Waals surface area contributed by atoms with Crippen LogP contribution in [0.2, 0.25) is 0 Å². The molecule has 2 unspecified atom stereocenters. The summed E-state index contributed by atoms with van der Waals surface area (Å²) in [5, 5.41) is 3.39. The summed E-state index contributed by atoms with van der Waals surface area (Å²) in [4.78, 5) is 7.68. The van der Waals surface area contributed by atoms with E-state index in [0.717, 1.165) is 25.2 Å². The molecule has 2 N–H and O–H groups in total. The van der Waals surface area contributed by atoms with Crippen molar-refractivity contribution in [2.24, 2.45) is 0 Å². The van der Waals surface area contributed by atoms with Gasteiger partial charge in [0.1, 0.15) is 5.82 Å². The van der Waals surface area contributed by atoms with Gasteiger partial charge in [-0.25, -0.2) is 4.98 Å². The van der Waals surface area contributed by atoms with Crippen LogP contribution >= 0.6 is 0 Å². The van der Waals surface area contributed by atoms with Gasteiger partial charge in [-0.15, -0.1) is 0 Å². The smallest absolute Gasteiger partial charge is 0.123 e. The number of aryl methyl sites for hydroxylation is 1. The van der Waals surface area contributed by atoms with Crippen LogP contribution in [0.1, 0.15) is 30.9 Å². The summed E-state index contributed by atoms with van der Waals surface area (Å²) in [7, 11) is 1.76. The van der Waals surface area contributed by atoms with E-state index in [1.54, 1.807) is 7.11 Å². The lowest BCUT2D eigenvalue weighted by atomic mass is 10.2. The molecule has 0 aliphatic carbocycles. The van der Waals surface area contributed by atoms with Crippen LogP contribution in [0.4, 0.5) is 0 Å². The Morgan fingerprint density at radius 3 is 3.07 bits per heavy atom. The van der Waals surface area contributed by atoms with Crippen LogP contribution in [0.5, 0.6) is 0 Å². The first-order valence-electron chi connectivity index (χ1n) is 5.13. The molecule has 0 aromatic carbocycles. The summed E-state index contributed by atoms with van der Waals surface area (Å²) >= 11 is 0. The van der Waals surface area contributed by atoms with E-state index in [1.165, 1.54) is 5.69 Å². The maximum Gasteiger partial charge on any atom is 0.123 e. The van der Waals surface area contributed by atoms with E-state index in [2.05, 4.69) is 22.2 Å². The Labute approximate surface area is 84.1 Å². The molecule has 1 aliphatic rings. The molecule has 78 valence electrons. The molecule has 2 atom stereocenters. The number of imidazole rings is 1.